The molecule has 0 aliphatic heterocycles. The van der Waals surface area contributed by atoms with Crippen LogP contribution in [0.15, 0.2) is 12.1 Å². The van der Waals surface area contributed by atoms with Crippen LogP contribution in [0.25, 0.3) is 0 Å². The van der Waals surface area contributed by atoms with Gasteiger partial charge in [-0.1, -0.05) is 0 Å². The molecular weight excluding hydrogens is 234 g/mol. The Morgan fingerprint density at radius 2 is 1.68 bits per heavy atom. The second kappa shape index (κ2) is 3.72. The molecule has 1 aromatic rings. The zero-order chi connectivity index (χ0) is 13.0. The average molecular weight is 253 g/mol. The summed E-state index contributed by atoms with van der Waals surface area (Å²) in [5, 5.41) is 8.97. The molecule has 1 aromatic heterocycles. The van der Waals surface area contributed by atoms with Crippen LogP contribution in [0.1, 0.15) is 49.8 Å². The number of hydrogen-bond donors (Lipinski definition) is 1. The Hall–Kier alpha value is -1.56. The van der Waals surface area contributed by atoms with Crippen molar-refractivity contribution >= 4 is 5.82 Å². The number of nitriles is 1. The maximum absolute atomic E-state index is 8.97. The molecule has 5 rings (SSSR count). The number of pyridine rings is 1. The van der Waals surface area contributed by atoms with Gasteiger partial charge in [-0.15, -0.1) is 0 Å². The van der Waals surface area contributed by atoms with E-state index in [2.05, 4.69) is 17.1 Å². The number of nitrogens with zero attached hydrogens (tertiary/aromatic N) is 2. The van der Waals surface area contributed by atoms with Gasteiger partial charge < -0.3 is 5.73 Å². The van der Waals surface area contributed by atoms with Crippen molar-refractivity contribution in [2.24, 2.45) is 17.8 Å². The Morgan fingerprint density at radius 3 is 2.16 bits per heavy atom. The van der Waals surface area contributed by atoms with Crippen molar-refractivity contribution < 1.29 is 0 Å². The average Bonchev–Trinajstić information content (AvgIpc) is 2.37. The van der Waals surface area contributed by atoms with Crippen LogP contribution in [0.4, 0.5) is 5.82 Å². The summed E-state index contributed by atoms with van der Waals surface area (Å²) in [4.78, 5) is 4.59. The van der Waals surface area contributed by atoms with Crippen molar-refractivity contribution in [3.63, 3.8) is 0 Å². The number of aromatic nitrogens is 1. The van der Waals surface area contributed by atoms with Crippen molar-refractivity contribution in [1.29, 1.82) is 5.26 Å². The molecule has 1 heterocycles. The van der Waals surface area contributed by atoms with Crippen LogP contribution in [-0.2, 0) is 5.41 Å². The van der Waals surface area contributed by atoms with Crippen LogP contribution in [0.5, 0.6) is 0 Å². The van der Waals surface area contributed by atoms with Crippen molar-refractivity contribution in [3.05, 3.63) is 23.4 Å². The SMILES string of the molecule is N#Cc1ccc(C23CC4CC(CC(C4)C2)C3)nc1N. The van der Waals surface area contributed by atoms with Gasteiger partial charge in [-0.3, -0.25) is 0 Å². The van der Waals surface area contributed by atoms with Gasteiger partial charge in [0.1, 0.15) is 11.9 Å². The summed E-state index contributed by atoms with van der Waals surface area (Å²) in [6, 6.07) is 6.02. The van der Waals surface area contributed by atoms with Gasteiger partial charge in [-0.25, -0.2) is 4.98 Å². The lowest BCUT2D eigenvalue weighted by Gasteiger charge is -2.56. The minimum atomic E-state index is 0.275. The second-order valence-corrected chi connectivity index (χ2v) is 6.94. The highest BCUT2D eigenvalue weighted by atomic mass is 14.9. The third-order valence-corrected chi connectivity index (χ3v) is 5.63. The van der Waals surface area contributed by atoms with Crippen molar-refractivity contribution in [2.75, 3.05) is 5.73 Å². The first-order chi connectivity index (χ1) is 9.18. The van der Waals surface area contributed by atoms with Crippen molar-refractivity contribution in [3.8, 4) is 6.07 Å². The topological polar surface area (TPSA) is 62.7 Å². The van der Waals surface area contributed by atoms with Crippen LogP contribution >= 0.6 is 0 Å². The molecule has 2 N–H and O–H groups in total. The second-order valence-electron chi connectivity index (χ2n) is 6.94. The normalized spacial score (nSPS) is 39.2. The first-order valence-electron chi connectivity index (χ1n) is 7.36. The van der Waals surface area contributed by atoms with Gasteiger partial charge in [0.25, 0.3) is 0 Å². The molecule has 0 radical (unpaired) electrons. The molecule has 98 valence electrons. The highest BCUT2D eigenvalue weighted by molar-refractivity contribution is 5.49. The number of rotatable bonds is 1. The lowest BCUT2D eigenvalue weighted by Crippen LogP contribution is -2.49. The van der Waals surface area contributed by atoms with E-state index in [0.717, 1.165) is 23.4 Å². The smallest absolute Gasteiger partial charge is 0.141 e. The summed E-state index contributed by atoms with van der Waals surface area (Å²) in [6.07, 6.45) is 8.17. The van der Waals surface area contributed by atoms with E-state index in [1.165, 1.54) is 38.5 Å². The minimum Gasteiger partial charge on any atom is -0.383 e. The summed E-state index contributed by atoms with van der Waals surface area (Å²) in [5.41, 5.74) is 7.86. The van der Waals surface area contributed by atoms with Crippen molar-refractivity contribution in [2.45, 2.75) is 43.9 Å². The molecule has 4 bridgehead atoms. The maximum Gasteiger partial charge on any atom is 0.141 e. The van der Waals surface area contributed by atoms with Gasteiger partial charge in [0.05, 0.1) is 5.56 Å². The van der Waals surface area contributed by atoms with Crippen LogP contribution in [0.2, 0.25) is 0 Å². The van der Waals surface area contributed by atoms with E-state index >= 15 is 0 Å². The molecule has 0 aromatic carbocycles. The Morgan fingerprint density at radius 1 is 1.11 bits per heavy atom. The molecule has 3 heteroatoms. The molecule has 0 unspecified atom stereocenters. The summed E-state index contributed by atoms with van der Waals surface area (Å²) in [6.45, 7) is 0. The number of anilines is 1. The number of nitrogen functional groups attached to an aromatic ring is 1. The van der Waals surface area contributed by atoms with Gasteiger partial charge in [-0.05, 0) is 68.4 Å². The highest BCUT2D eigenvalue weighted by Crippen LogP contribution is 2.60. The van der Waals surface area contributed by atoms with Crippen LogP contribution in [-0.4, -0.2) is 4.98 Å². The molecule has 4 saturated carbocycles. The highest BCUT2D eigenvalue weighted by Gasteiger charge is 2.52. The van der Waals surface area contributed by atoms with Gasteiger partial charge in [0.15, 0.2) is 0 Å². The molecule has 3 nitrogen and oxygen atoms in total. The standard InChI is InChI=1S/C16H19N3/c17-9-13-1-2-14(19-15(13)18)16-6-10-3-11(7-16)5-12(4-10)8-16/h1-2,10-12H,3-8H2,(H2,18,19). The molecule has 4 fully saturated rings. The largest absolute Gasteiger partial charge is 0.383 e. The number of hydrogen-bond acceptors (Lipinski definition) is 3. The zero-order valence-electron chi connectivity index (χ0n) is 11.1. The van der Waals surface area contributed by atoms with E-state index in [-0.39, 0.29) is 5.41 Å². The third-order valence-electron chi connectivity index (χ3n) is 5.63. The zero-order valence-corrected chi connectivity index (χ0v) is 11.1. The predicted molar refractivity (Wildman–Crippen MR) is 73.2 cm³/mol. The molecule has 0 amide bonds. The van der Waals surface area contributed by atoms with E-state index in [1.807, 2.05) is 6.07 Å². The molecule has 0 atom stereocenters. The summed E-state index contributed by atoms with van der Waals surface area (Å²) >= 11 is 0. The Kier molecular flexibility index (Phi) is 2.21. The quantitative estimate of drug-likeness (QED) is 0.836. The van der Waals surface area contributed by atoms with E-state index in [9.17, 15) is 0 Å². The lowest BCUT2D eigenvalue weighted by atomic mass is 9.49. The molecule has 4 aliphatic carbocycles. The monoisotopic (exact) mass is 253 g/mol. The predicted octanol–water partition coefficient (Wildman–Crippen LogP) is 3.00. The van der Waals surface area contributed by atoms with E-state index < -0.39 is 0 Å². The first-order valence-corrected chi connectivity index (χ1v) is 7.36. The fourth-order valence-electron chi connectivity index (χ4n) is 5.29. The van der Waals surface area contributed by atoms with Gasteiger partial charge in [-0.2, -0.15) is 5.26 Å². The fraction of sp³-hybridized carbons (Fsp3) is 0.625. The molecule has 0 spiro atoms. The summed E-state index contributed by atoms with van der Waals surface area (Å²) in [5.74, 6) is 3.13. The van der Waals surface area contributed by atoms with Crippen LogP contribution in [0, 0.1) is 29.1 Å². The van der Waals surface area contributed by atoms with Crippen LogP contribution in [0.3, 0.4) is 0 Å². The Labute approximate surface area is 113 Å². The van der Waals surface area contributed by atoms with E-state index in [4.69, 9.17) is 11.0 Å². The molecule has 19 heavy (non-hydrogen) atoms. The molecule has 0 saturated heterocycles. The summed E-state index contributed by atoms with van der Waals surface area (Å²) in [7, 11) is 0. The molecule has 4 aliphatic rings. The molecular formula is C16H19N3. The third kappa shape index (κ3) is 1.59. The Balaban J connectivity index is 1.76. The Bertz CT molecular complexity index is 535. The van der Waals surface area contributed by atoms with Crippen molar-refractivity contribution in [1.82, 2.24) is 4.98 Å². The van der Waals surface area contributed by atoms with E-state index in [0.29, 0.717) is 11.4 Å². The summed E-state index contributed by atoms with van der Waals surface area (Å²) < 4.78 is 0. The van der Waals surface area contributed by atoms with E-state index in [1.54, 1.807) is 0 Å². The minimum absolute atomic E-state index is 0.275. The van der Waals surface area contributed by atoms with Crippen LogP contribution < -0.4 is 5.73 Å². The van der Waals surface area contributed by atoms with Gasteiger partial charge in [0, 0.05) is 11.1 Å². The van der Waals surface area contributed by atoms with Gasteiger partial charge in [0.2, 0.25) is 0 Å². The maximum atomic E-state index is 8.97. The first kappa shape index (κ1) is 11.3. The number of nitrogens with two attached hydrogens (primary N) is 1. The lowest BCUT2D eigenvalue weighted by molar-refractivity contribution is -0.00713. The fourth-order valence-corrected chi connectivity index (χ4v) is 5.29. The van der Waals surface area contributed by atoms with Gasteiger partial charge >= 0.3 is 0 Å².